The van der Waals surface area contributed by atoms with E-state index < -0.39 is 0 Å². The molecule has 1 N–H and O–H groups in total. The quantitative estimate of drug-likeness (QED) is 0.546. The van der Waals surface area contributed by atoms with Crippen LogP contribution in [0.5, 0.6) is 5.75 Å². The molecule has 0 aliphatic carbocycles. The van der Waals surface area contributed by atoms with Gasteiger partial charge in [-0.05, 0) is 29.6 Å². The molecule has 3 aromatic rings. The Bertz CT molecular complexity index is 1060. The SMILES string of the molecule is C=CCO[C@H]1CO[C@H]2[C@@H]1OC[C@@H]2Oc1ccc(Nc2ncnc3ccsc23)cc1Cl. The third-order valence-corrected chi connectivity index (χ3v) is 6.31. The minimum absolute atomic E-state index is 0.106. The van der Waals surface area contributed by atoms with Gasteiger partial charge in [-0.1, -0.05) is 17.7 Å². The summed E-state index contributed by atoms with van der Waals surface area (Å²) in [5.41, 5.74) is 1.72. The van der Waals surface area contributed by atoms with Crippen molar-refractivity contribution >= 4 is 44.7 Å². The highest BCUT2D eigenvalue weighted by Gasteiger charge is 2.49. The van der Waals surface area contributed by atoms with E-state index in [4.69, 9.17) is 30.5 Å². The first-order valence-corrected chi connectivity index (χ1v) is 10.9. The van der Waals surface area contributed by atoms with Gasteiger partial charge in [0.25, 0.3) is 0 Å². The van der Waals surface area contributed by atoms with E-state index in [0.717, 1.165) is 21.7 Å². The molecule has 0 radical (unpaired) electrons. The van der Waals surface area contributed by atoms with Gasteiger partial charge in [0.1, 0.15) is 30.4 Å². The molecule has 0 amide bonds. The summed E-state index contributed by atoms with van der Waals surface area (Å²) in [6.45, 7) is 5.05. The van der Waals surface area contributed by atoms with Crippen LogP contribution in [-0.4, -0.2) is 54.2 Å². The maximum Gasteiger partial charge on any atom is 0.151 e. The summed E-state index contributed by atoms with van der Waals surface area (Å²) >= 11 is 8.09. The largest absolute Gasteiger partial charge is 0.484 e. The van der Waals surface area contributed by atoms with Crippen molar-refractivity contribution in [1.82, 2.24) is 9.97 Å². The molecule has 4 atom stereocenters. The van der Waals surface area contributed by atoms with E-state index in [1.807, 2.05) is 29.6 Å². The lowest BCUT2D eigenvalue weighted by Crippen LogP contribution is -2.35. The fourth-order valence-corrected chi connectivity index (χ4v) is 4.73. The molecule has 0 saturated carbocycles. The molecule has 2 aliphatic heterocycles. The van der Waals surface area contributed by atoms with Gasteiger partial charge in [0.2, 0.25) is 0 Å². The van der Waals surface area contributed by atoms with Crippen molar-refractivity contribution in [1.29, 1.82) is 0 Å². The minimum Gasteiger partial charge on any atom is -0.484 e. The van der Waals surface area contributed by atoms with Crippen molar-refractivity contribution in [3.8, 4) is 5.75 Å². The molecular formula is C21H20ClN3O4S. The van der Waals surface area contributed by atoms with Gasteiger partial charge < -0.3 is 24.3 Å². The van der Waals surface area contributed by atoms with E-state index in [1.54, 1.807) is 23.7 Å². The first-order valence-electron chi connectivity index (χ1n) is 9.60. The molecule has 30 heavy (non-hydrogen) atoms. The molecule has 9 heteroatoms. The van der Waals surface area contributed by atoms with Gasteiger partial charge in [-0.15, -0.1) is 17.9 Å². The standard InChI is InChI=1S/C21H20ClN3O4S/c1-2-6-26-16-9-27-19-17(10-28-18(16)19)29-15-4-3-12(8-13(15)22)25-21-20-14(5-7-30-20)23-11-24-21/h2-5,7-8,11,16-19H,1,6,9-10H2,(H,23,24,25)/t16-,17-,18+,19+/m0/s1. The number of hydrogen-bond acceptors (Lipinski definition) is 8. The van der Waals surface area contributed by atoms with E-state index in [0.29, 0.717) is 30.6 Å². The highest BCUT2D eigenvalue weighted by atomic mass is 35.5. The average Bonchev–Trinajstić information content (AvgIpc) is 3.46. The zero-order chi connectivity index (χ0) is 20.5. The molecule has 0 bridgehead atoms. The maximum atomic E-state index is 6.50. The predicted molar refractivity (Wildman–Crippen MR) is 116 cm³/mol. The van der Waals surface area contributed by atoms with Gasteiger partial charge in [0.15, 0.2) is 11.9 Å². The maximum absolute atomic E-state index is 6.50. The molecule has 0 spiro atoms. The van der Waals surface area contributed by atoms with Crippen LogP contribution >= 0.6 is 22.9 Å². The van der Waals surface area contributed by atoms with Crippen molar-refractivity contribution in [2.75, 3.05) is 25.1 Å². The highest BCUT2D eigenvalue weighted by molar-refractivity contribution is 7.17. The Balaban J connectivity index is 1.27. The number of nitrogens with one attached hydrogen (secondary N) is 1. The van der Waals surface area contributed by atoms with Crippen LogP contribution in [0.4, 0.5) is 11.5 Å². The number of ether oxygens (including phenoxy) is 4. The number of halogens is 1. The zero-order valence-electron chi connectivity index (χ0n) is 16.0. The molecule has 2 fully saturated rings. The summed E-state index contributed by atoms with van der Waals surface area (Å²) in [5, 5.41) is 5.79. The Morgan fingerprint density at radius 3 is 2.87 bits per heavy atom. The van der Waals surface area contributed by atoms with Crippen molar-refractivity contribution in [3.05, 3.63) is 53.7 Å². The fourth-order valence-electron chi connectivity index (χ4n) is 3.72. The smallest absolute Gasteiger partial charge is 0.151 e. The van der Waals surface area contributed by atoms with Crippen LogP contribution in [0.1, 0.15) is 0 Å². The van der Waals surface area contributed by atoms with Crippen LogP contribution in [0.2, 0.25) is 5.02 Å². The number of nitrogens with zero attached hydrogens (tertiary/aromatic N) is 2. The number of benzene rings is 1. The van der Waals surface area contributed by atoms with Gasteiger partial charge in [-0.2, -0.15) is 0 Å². The normalized spacial score (nSPS) is 25.4. The zero-order valence-corrected chi connectivity index (χ0v) is 17.6. The highest BCUT2D eigenvalue weighted by Crippen LogP contribution is 2.35. The Kier molecular flexibility index (Phi) is 5.58. The lowest BCUT2D eigenvalue weighted by Gasteiger charge is -2.19. The minimum atomic E-state index is -0.240. The molecule has 1 aromatic carbocycles. The summed E-state index contributed by atoms with van der Waals surface area (Å²) in [5.74, 6) is 1.33. The summed E-state index contributed by atoms with van der Waals surface area (Å²) in [6.07, 6.45) is 2.60. The predicted octanol–water partition coefficient (Wildman–Crippen LogP) is 4.20. The summed E-state index contributed by atoms with van der Waals surface area (Å²) in [6, 6.07) is 7.52. The number of thiophene rings is 1. The number of aromatic nitrogens is 2. The first-order chi connectivity index (χ1) is 14.7. The van der Waals surface area contributed by atoms with Crippen LogP contribution in [0.25, 0.3) is 10.2 Å². The van der Waals surface area contributed by atoms with Crippen molar-refractivity contribution in [3.63, 3.8) is 0 Å². The van der Waals surface area contributed by atoms with Crippen LogP contribution in [0.15, 0.2) is 48.6 Å². The topological polar surface area (TPSA) is 74.7 Å². The second-order valence-corrected chi connectivity index (χ2v) is 8.36. The van der Waals surface area contributed by atoms with Gasteiger partial charge in [0.05, 0.1) is 35.1 Å². The molecular weight excluding hydrogens is 426 g/mol. The summed E-state index contributed by atoms with van der Waals surface area (Å²) in [4.78, 5) is 8.59. The van der Waals surface area contributed by atoms with Crippen molar-refractivity contribution in [2.45, 2.75) is 24.4 Å². The van der Waals surface area contributed by atoms with Crippen LogP contribution in [0, 0.1) is 0 Å². The molecule has 4 heterocycles. The van der Waals surface area contributed by atoms with Gasteiger partial charge in [-0.3, -0.25) is 0 Å². The third kappa shape index (κ3) is 3.77. The summed E-state index contributed by atoms with van der Waals surface area (Å²) in [7, 11) is 0. The third-order valence-electron chi connectivity index (χ3n) is 5.11. The van der Waals surface area contributed by atoms with Gasteiger partial charge in [-0.25, -0.2) is 9.97 Å². The first kappa shape index (κ1) is 19.7. The Morgan fingerprint density at radius 1 is 1.20 bits per heavy atom. The van der Waals surface area contributed by atoms with E-state index >= 15 is 0 Å². The van der Waals surface area contributed by atoms with Gasteiger partial charge in [0, 0.05) is 5.69 Å². The van der Waals surface area contributed by atoms with E-state index in [-0.39, 0.29) is 24.4 Å². The molecule has 5 rings (SSSR count). The second kappa shape index (κ2) is 8.49. The number of rotatable bonds is 7. The Labute approximate surface area is 182 Å². The summed E-state index contributed by atoms with van der Waals surface area (Å²) < 4.78 is 24.6. The molecule has 2 saturated heterocycles. The average molecular weight is 446 g/mol. The second-order valence-electron chi connectivity index (χ2n) is 7.04. The van der Waals surface area contributed by atoms with Gasteiger partial charge >= 0.3 is 0 Å². The van der Waals surface area contributed by atoms with Crippen LogP contribution in [-0.2, 0) is 14.2 Å². The van der Waals surface area contributed by atoms with E-state index in [1.165, 1.54) is 0 Å². The molecule has 156 valence electrons. The number of anilines is 2. The van der Waals surface area contributed by atoms with Crippen molar-refractivity contribution in [2.24, 2.45) is 0 Å². The van der Waals surface area contributed by atoms with E-state index in [2.05, 4.69) is 21.9 Å². The molecule has 2 aromatic heterocycles. The van der Waals surface area contributed by atoms with Crippen molar-refractivity contribution < 1.29 is 18.9 Å². The number of fused-ring (bicyclic) bond motifs is 2. The lowest BCUT2D eigenvalue weighted by atomic mass is 10.1. The fraction of sp³-hybridized carbons (Fsp3) is 0.333. The molecule has 7 nitrogen and oxygen atoms in total. The van der Waals surface area contributed by atoms with Crippen LogP contribution in [0.3, 0.4) is 0 Å². The Hall–Kier alpha value is -2.23. The lowest BCUT2D eigenvalue weighted by molar-refractivity contribution is -0.0258. The van der Waals surface area contributed by atoms with Crippen LogP contribution < -0.4 is 10.1 Å². The Morgan fingerprint density at radius 2 is 2.03 bits per heavy atom. The number of hydrogen-bond donors (Lipinski definition) is 1. The monoisotopic (exact) mass is 445 g/mol. The van der Waals surface area contributed by atoms with E-state index in [9.17, 15) is 0 Å². The molecule has 0 unspecified atom stereocenters. The molecule has 2 aliphatic rings.